The monoisotopic (exact) mass is 417 g/mol. The molecule has 1 fully saturated rings. The molecule has 3 amide bonds. The number of benzene rings is 1. The first-order valence-electron chi connectivity index (χ1n) is 10.5. The molecule has 0 saturated carbocycles. The molecule has 164 valence electrons. The second kappa shape index (κ2) is 8.93. The predicted octanol–water partition coefficient (Wildman–Crippen LogP) is 1.73. The summed E-state index contributed by atoms with van der Waals surface area (Å²) < 4.78 is 11.5. The molecular weight excluding hydrogens is 386 g/mol. The molecule has 1 aromatic carbocycles. The van der Waals surface area contributed by atoms with Crippen molar-refractivity contribution in [1.82, 2.24) is 15.5 Å². The molecule has 0 bridgehead atoms. The van der Waals surface area contributed by atoms with Crippen molar-refractivity contribution in [2.75, 3.05) is 26.7 Å². The molecule has 2 aliphatic heterocycles. The molecule has 2 atom stereocenters. The Bertz CT molecular complexity index is 825. The molecule has 8 heteroatoms. The number of fused-ring (bicyclic) bond motifs is 1. The van der Waals surface area contributed by atoms with Gasteiger partial charge in [-0.1, -0.05) is 13.8 Å². The molecule has 0 aliphatic carbocycles. The van der Waals surface area contributed by atoms with Gasteiger partial charge in [0.2, 0.25) is 11.8 Å². The van der Waals surface area contributed by atoms with Crippen LogP contribution in [0.15, 0.2) is 18.2 Å². The average molecular weight is 418 g/mol. The van der Waals surface area contributed by atoms with E-state index in [0.29, 0.717) is 48.9 Å². The fourth-order valence-corrected chi connectivity index (χ4v) is 3.68. The molecule has 8 nitrogen and oxygen atoms in total. The van der Waals surface area contributed by atoms with Crippen LogP contribution in [0.4, 0.5) is 0 Å². The van der Waals surface area contributed by atoms with Crippen molar-refractivity contribution < 1.29 is 23.9 Å². The first kappa shape index (κ1) is 21.9. The fourth-order valence-electron chi connectivity index (χ4n) is 3.68. The van der Waals surface area contributed by atoms with E-state index in [-0.39, 0.29) is 36.7 Å². The lowest BCUT2D eigenvalue weighted by molar-refractivity contribution is -0.135. The van der Waals surface area contributed by atoms with Gasteiger partial charge in [0.25, 0.3) is 5.91 Å². The van der Waals surface area contributed by atoms with Gasteiger partial charge in [0.1, 0.15) is 17.1 Å². The minimum Gasteiger partial charge on any atom is -0.497 e. The standard InChI is InChI=1S/C22H31N3O5/c1-14(2)15(3)24-19(26)12-25-10-9-22(8-7-20(25)27)13-23-21(28)17-11-16(29-4)5-6-18(17)30-22/h5-6,11,14-15H,7-10,12-13H2,1-4H3,(H,23,28)(H,24,26). The second-order valence-electron chi connectivity index (χ2n) is 8.50. The van der Waals surface area contributed by atoms with Gasteiger partial charge in [0.05, 0.1) is 25.8 Å². The topological polar surface area (TPSA) is 97.0 Å². The number of methoxy groups -OCH3 is 1. The van der Waals surface area contributed by atoms with Crippen LogP contribution in [-0.4, -0.2) is 61.0 Å². The van der Waals surface area contributed by atoms with E-state index in [0.717, 1.165) is 0 Å². The predicted molar refractivity (Wildman–Crippen MR) is 112 cm³/mol. The highest BCUT2D eigenvalue weighted by Crippen LogP contribution is 2.34. The zero-order chi connectivity index (χ0) is 21.9. The number of nitrogens with one attached hydrogen (secondary N) is 2. The molecule has 2 aliphatic rings. The molecule has 1 saturated heterocycles. The molecule has 30 heavy (non-hydrogen) atoms. The molecule has 2 unspecified atom stereocenters. The van der Waals surface area contributed by atoms with Gasteiger partial charge in [0, 0.05) is 25.4 Å². The number of hydrogen-bond acceptors (Lipinski definition) is 5. The van der Waals surface area contributed by atoms with Crippen LogP contribution in [0.5, 0.6) is 11.5 Å². The van der Waals surface area contributed by atoms with E-state index in [9.17, 15) is 14.4 Å². The summed E-state index contributed by atoms with van der Waals surface area (Å²) in [5, 5.41) is 5.87. The van der Waals surface area contributed by atoms with Crippen molar-refractivity contribution in [3.63, 3.8) is 0 Å². The van der Waals surface area contributed by atoms with Gasteiger partial charge >= 0.3 is 0 Å². The Morgan fingerprint density at radius 1 is 1.30 bits per heavy atom. The highest BCUT2D eigenvalue weighted by molar-refractivity contribution is 5.97. The van der Waals surface area contributed by atoms with Crippen molar-refractivity contribution in [2.24, 2.45) is 5.92 Å². The van der Waals surface area contributed by atoms with E-state index >= 15 is 0 Å². The summed E-state index contributed by atoms with van der Waals surface area (Å²) in [6.45, 7) is 6.76. The number of ether oxygens (including phenoxy) is 2. The van der Waals surface area contributed by atoms with Gasteiger partial charge in [-0.05, 0) is 37.5 Å². The minimum absolute atomic E-state index is 0.0338. The van der Waals surface area contributed by atoms with Crippen molar-refractivity contribution >= 4 is 17.7 Å². The second-order valence-corrected chi connectivity index (χ2v) is 8.50. The lowest BCUT2D eigenvalue weighted by atomic mass is 9.94. The largest absolute Gasteiger partial charge is 0.497 e. The Morgan fingerprint density at radius 2 is 2.07 bits per heavy atom. The number of rotatable bonds is 5. The van der Waals surface area contributed by atoms with Crippen molar-refractivity contribution in [3.05, 3.63) is 23.8 Å². The molecular formula is C22H31N3O5. The zero-order valence-electron chi connectivity index (χ0n) is 18.1. The maximum Gasteiger partial charge on any atom is 0.255 e. The molecule has 2 heterocycles. The Hall–Kier alpha value is -2.77. The van der Waals surface area contributed by atoms with Gasteiger partial charge < -0.3 is 25.0 Å². The number of amides is 3. The SMILES string of the molecule is COc1ccc2c(c1)C(=O)NCC1(CCC(=O)N(CC(=O)NC(C)C(C)C)CC1)O2. The average Bonchev–Trinajstić information content (AvgIpc) is 2.95. The molecule has 1 spiro atoms. The van der Waals surface area contributed by atoms with Crippen molar-refractivity contribution in [1.29, 1.82) is 0 Å². The number of likely N-dealkylation sites (tertiary alicyclic amines) is 1. The van der Waals surface area contributed by atoms with E-state index < -0.39 is 5.60 Å². The van der Waals surface area contributed by atoms with Gasteiger partial charge in [-0.3, -0.25) is 14.4 Å². The summed E-state index contributed by atoms with van der Waals surface area (Å²) in [5.74, 6) is 0.915. The summed E-state index contributed by atoms with van der Waals surface area (Å²) >= 11 is 0. The van der Waals surface area contributed by atoms with E-state index in [4.69, 9.17) is 9.47 Å². The Morgan fingerprint density at radius 3 is 2.77 bits per heavy atom. The first-order chi connectivity index (χ1) is 14.2. The normalized spacial score (nSPS) is 22.5. The Balaban J connectivity index is 1.72. The molecule has 0 radical (unpaired) electrons. The van der Waals surface area contributed by atoms with Crippen LogP contribution in [0.25, 0.3) is 0 Å². The molecule has 0 aromatic heterocycles. The van der Waals surface area contributed by atoms with Crippen molar-refractivity contribution in [3.8, 4) is 11.5 Å². The minimum atomic E-state index is -0.693. The van der Waals surface area contributed by atoms with Crippen LogP contribution in [-0.2, 0) is 9.59 Å². The highest BCUT2D eigenvalue weighted by Gasteiger charge is 2.40. The molecule has 3 rings (SSSR count). The smallest absolute Gasteiger partial charge is 0.255 e. The lowest BCUT2D eigenvalue weighted by Crippen LogP contribution is -2.47. The third-order valence-electron chi connectivity index (χ3n) is 6.04. The molecule has 1 aromatic rings. The quantitative estimate of drug-likeness (QED) is 0.761. The van der Waals surface area contributed by atoms with Gasteiger partial charge in [0.15, 0.2) is 0 Å². The van der Waals surface area contributed by atoms with Crippen LogP contribution in [0.1, 0.15) is 50.4 Å². The van der Waals surface area contributed by atoms with Crippen LogP contribution in [0.3, 0.4) is 0 Å². The van der Waals surface area contributed by atoms with E-state index in [1.54, 1.807) is 30.2 Å². The van der Waals surface area contributed by atoms with E-state index in [1.165, 1.54) is 0 Å². The number of hydrogen-bond donors (Lipinski definition) is 2. The third-order valence-corrected chi connectivity index (χ3v) is 6.04. The maximum atomic E-state index is 12.7. The van der Waals surface area contributed by atoms with Crippen LogP contribution >= 0.6 is 0 Å². The Kier molecular flexibility index (Phi) is 6.53. The summed E-state index contributed by atoms with van der Waals surface area (Å²) in [5.41, 5.74) is -0.276. The van der Waals surface area contributed by atoms with Crippen LogP contribution in [0.2, 0.25) is 0 Å². The molecule has 2 N–H and O–H groups in total. The number of nitrogens with zero attached hydrogens (tertiary/aromatic N) is 1. The van der Waals surface area contributed by atoms with Crippen LogP contribution in [0, 0.1) is 5.92 Å². The van der Waals surface area contributed by atoms with Crippen molar-refractivity contribution in [2.45, 2.75) is 51.7 Å². The number of carbonyl (C=O) groups is 3. The third kappa shape index (κ3) is 4.86. The maximum absolute atomic E-state index is 12.7. The van der Waals surface area contributed by atoms with Gasteiger partial charge in [-0.15, -0.1) is 0 Å². The Labute approximate surface area is 177 Å². The zero-order valence-corrected chi connectivity index (χ0v) is 18.1. The lowest BCUT2D eigenvalue weighted by Gasteiger charge is -2.32. The van der Waals surface area contributed by atoms with E-state index in [2.05, 4.69) is 10.6 Å². The summed E-state index contributed by atoms with van der Waals surface area (Å²) in [4.78, 5) is 39.2. The highest BCUT2D eigenvalue weighted by atomic mass is 16.5. The summed E-state index contributed by atoms with van der Waals surface area (Å²) in [6, 6.07) is 5.17. The summed E-state index contributed by atoms with van der Waals surface area (Å²) in [6.07, 6.45) is 1.25. The first-order valence-corrected chi connectivity index (χ1v) is 10.5. The number of carbonyl (C=O) groups excluding carboxylic acids is 3. The van der Waals surface area contributed by atoms with Crippen LogP contribution < -0.4 is 20.1 Å². The fraction of sp³-hybridized carbons (Fsp3) is 0.591. The van der Waals surface area contributed by atoms with E-state index in [1.807, 2.05) is 20.8 Å². The summed E-state index contributed by atoms with van der Waals surface area (Å²) in [7, 11) is 1.54. The van der Waals surface area contributed by atoms with Gasteiger partial charge in [-0.25, -0.2) is 0 Å². The van der Waals surface area contributed by atoms with Gasteiger partial charge in [-0.2, -0.15) is 0 Å².